The van der Waals surface area contributed by atoms with Crippen molar-refractivity contribution in [3.63, 3.8) is 0 Å². The summed E-state index contributed by atoms with van der Waals surface area (Å²) in [6.45, 7) is 5.06. The minimum atomic E-state index is 0.0523. The summed E-state index contributed by atoms with van der Waals surface area (Å²) in [6.07, 6.45) is 0.854. The largest absolute Gasteiger partial charge is 0.338 e. The SMILES string of the molecule is O=C(NCCc1ccc(Br)cc1)N1CCN(Cc2ccccc2)CC1. The Morgan fingerprint density at radius 3 is 2.28 bits per heavy atom. The van der Waals surface area contributed by atoms with Crippen LogP contribution in [0, 0.1) is 0 Å². The van der Waals surface area contributed by atoms with Crippen LogP contribution >= 0.6 is 15.9 Å². The number of nitrogens with zero attached hydrogens (tertiary/aromatic N) is 2. The minimum absolute atomic E-state index is 0.0523. The van der Waals surface area contributed by atoms with Crippen molar-refractivity contribution in [3.05, 3.63) is 70.2 Å². The van der Waals surface area contributed by atoms with Gasteiger partial charge in [0.25, 0.3) is 0 Å². The molecule has 0 unspecified atom stereocenters. The van der Waals surface area contributed by atoms with Crippen LogP contribution in [0.25, 0.3) is 0 Å². The summed E-state index contributed by atoms with van der Waals surface area (Å²) in [5, 5.41) is 3.04. The van der Waals surface area contributed by atoms with Crippen LogP contribution in [0.5, 0.6) is 0 Å². The van der Waals surface area contributed by atoms with Gasteiger partial charge in [0.05, 0.1) is 0 Å². The number of rotatable bonds is 5. The first-order chi connectivity index (χ1) is 12.2. The molecule has 2 aromatic carbocycles. The molecule has 1 saturated heterocycles. The van der Waals surface area contributed by atoms with Crippen molar-refractivity contribution in [1.82, 2.24) is 15.1 Å². The van der Waals surface area contributed by atoms with E-state index in [1.807, 2.05) is 23.1 Å². The summed E-state index contributed by atoms with van der Waals surface area (Å²) in [6, 6.07) is 18.8. The molecule has 0 saturated carbocycles. The van der Waals surface area contributed by atoms with E-state index in [0.29, 0.717) is 6.54 Å². The van der Waals surface area contributed by atoms with Gasteiger partial charge in [-0.15, -0.1) is 0 Å². The van der Waals surface area contributed by atoms with Crippen molar-refractivity contribution >= 4 is 22.0 Å². The molecule has 0 bridgehead atoms. The highest BCUT2D eigenvalue weighted by Crippen LogP contribution is 2.11. The van der Waals surface area contributed by atoms with Crippen LogP contribution in [0.15, 0.2) is 59.1 Å². The van der Waals surface area contributed by atoms with E-state index >= 15 is 0 Å². The predicted octanol–water partition coefficient (Wildman–Crippen LogP) is 3.52. The van der Waals surface area contributed by atoms with Crippen LogP contribution in [0.4, 0.5) is 4.79 Å². The molecule has 0 spiro atoms. The summed E-state index contributed by atoms with van der Waals surface area (Å²) >= 11 is 3.43. The van der Waals surface area contributed by atoms with E-state index < -0.39 is 0 Å². The van der Waals surface area contributed by atoms with E-state index in [2.05, 4.69) is 62.5 Å². The van der Waals surface area contributed by atoms with Crippen molar-refractivity contribution in [3.8, 4) is 0 Å². The minimum Gasteiger partial charge on any atom is -0.338 e. The standard InChI is InChI=1S/C20H24BrN3O/c21-19-8-6-17(7-9-19)10-11-22-20(25)24-14-12-23(13-15-24)16-18-4-2-1-3-5-18/h1-9H,10-16H2,(H,22,25). The highest BCUT2D eigenvalue weighted by atomic mass is 79.9. The van der Waals surface area contributed by atoms with Crippen LogP contribution in [0.1, 0.15) is 11.1 Å². The van der Waals surface area contributed by atoms with Gasteiger partial charge in [0.1, 0.15) is 0 Å². The Morgan fingerprint density at radius 2 is 1.60 bits per heavy atom. The number of carbonyl (C=O) groups excluding carboxylic acids is 1. The molecule has 2 aromatic rings. The van der Waals surface area contributed by atoms with Gasteiger partial charge in [0.2, 0.25) is 0 Å². The maximum atomic E-state index is 12.3. The van der Waals surface area contributed by atoms with E-state index in [1.54, 1.807) is 0 Å². The molecule has 4 nitrogen and oxygen atoms in total. The van der Waals surface area contributed by atoms with Crippen LogP contribution in [0.2, 0.25) is 0 Å². The summed E-state index contributed by atoms with van der Waals surface area (Å²) in [5.74, 6) is 0. The van der Waals surface area contributed by atoms with Gasteiger partial charge >= 0.3 is 6.03 Å². The Bertz CT molecular complexity index is 667. The van der Waals surface area contributed by atoms with Crippen molar-refractivity contribution < 1.29 is 4.79 Å². The molecule has 5 heteroatoms. The van der Waals surface area contributed by atoms with E-state index in [1.165, 1.54) is 11.1 Å². The highest BCUT2D eigenvalue weighted by Gasteiger charge is 2.20. The first-order valence-corrected chi connectivity index (χ1v) is 9.53. The molecule has 0 atom stereocenters. The fourth-order valence-corrected chi connectivity index (χ4v) is 3.29. The summed E-state index contributed by atoms with van der Waals surface area (Å²) < 4.78 is 1.08. The lowest BCUT2D eigenvalue weighted by Crippen LogP contribution is -2.51. The number of amides is 2. The Morgan fingerprint density at radius 1 is 0.920 bits per heavy atom. The molecule has 3 rings (SSSR count). The van der Waals surface area contributed by atoms with E-state index in [-0.39, 0.29) is 6.03 Å². The molecule has 1 heterocycles. The zero-order valence-corrected chi connectivity index (χ0v) is 15.9. The number of hydrogen-bond acceptors (Lipinski definition) is 2. The molecule has 25 heavy (non-hydrogen) atoms. The molecular formula is C20H24BrN3O. The molecule has 2 amide bonds. The molecule has 1 fully saturated rings. The molecular weight excluding hydrogens is 378 g/mol. The number of urea groups is 1. The third-order valence-corrected chi connectivity index (χ3v) is 5.04. The second-order valence-electron chi connectivity index (χ2n) is 6.36. The Hall–Kier alpha value is -1.85. The average molecular weight is 402 g/mol. The van der Waals surface area contributed by atoms with E-state index in [9.17, 15) is 4.79 Å². The van der Waals surface area contributed by atoms with Crippen molar-refractivity contribution in [1.29, 1.82) is 0 Å². The molecule has 1 aliphatic rings. The first kappa shape index (κ1) is 18.0. The van der Waals surface area contributed by atoms with Gasteiger partial charge in [-0.1, -0.05) is 58.4 Å². The number of hydrogen-bond donors (Lipinski definition) is 1. The fraction of sp³-hybridized carbons (Fsp3) is 0.350. The van der Waals surface area contributed by atoms with Crippen molar-refractivity contribution in [2.24, 2.45) is 0 Å². The lowest BCUT2D eigenvalue weighted by Gasteiger charge is -2.34. The smallest absolute Gasteiger partial charge is 0.317 e. The quantitative estimate of drug-likeness (QED) is 0.831. The zero-order valence-electron chi connectivity index (χ0n) is 14.3. The molecule has 1 aliphatic heterocycles. The fourth-order valence-electron chi connectivity index (χ4n) is 3.03. The highest BCUT2D eigenvalue weighted by molar-refractivity contribution is 9.10. The molecule has 1 N–H and O–H groups in total. The maximum absolute atomic E-state index is 12.3. The number of carbonyl (C=O) groups is 1. The predicted molar refractivity (Wildman–Crippen MR) is 105 cm³/mol. The Balaban J connectivity index is 1.37. The van der Waals surface area contributed by atoms with Gasteiger partial charge in [0, 0.05) is 43.7 Å². The topological polar surface area (TPSA) is 35.6 Å². The van der Waals surface area contributed by atoms with Crippen LogP contribution in [-0.2, 0) is 13.0 Å². The number of nitrogens with one attached hydrogen (secondary N) is 1. The van der Waals surface area contributed by atoms with Gasteiger partial charge in [-0.2, -0.15) is 0 Å². The number of halogens is 1. The Kier molecular flexibility index (Phi) is 6.48. The summed E-state index contributed by atoms with van der Waals surface area (Å²) in [5.41, 5.74) is 2.56. The average Bonchev–Trinajstić information content (AvgIpc) is 2.65. The van der Waals surface area contributed by atoms with Crippen molar-refractivity contribution in [2.75, 3.05) is 32.7 Å². The van der Waals surface area contributed by atoms with Crippen LogP contribution in [0.3, 0.4) is 0 Å². The van der Waals surface area contributed by atoms with Gasteiger partial charge in [-0.05, 0) is 29.7 Å². The number of benzene rings is 2. The molecule has 0 aliphatic carbocycles. The third-order valence-electron chi connectivity index (χ3n) is 4.51. The van der Waals surface area contributed by atoms with E-state index in [4.69, 9.17) is 0 Å². The van der Waals surface area contributed by atoms with E-state index in [0.717, 1.165) is 43.6 Å². The Labute approximate surface area is 158 Å². The van der Waals surface area contributed by atoms with Gasteiger partial charge in [-0.25, -0.2) is 4.79 Å². The lowest BCUT2D eigenvalue weighted by molar-refractivity contribution is 0.135. The maximum Gasteiger partial charge on any atom is 0.317 e. The second kappa shape index (κ2) is 9.02. The normalized spacial score (nSPS) is 15.2. The zero-order chi connectivity index (χ0) is 17.5. The van der Waals surface area contributed by atoms with Gasteiger partial charge in [-0.3, -0.25) is 4.90 Å². The summed E-state index contributed by atoms with van der Waals surface area (Å²) in [4.78, 5) is 16.6. The van der Waals surface area contributed by atoms with Gasteiger partial charge in [0.15, 0.2) is 0 Å². The van der Waals surface area contributed by atoms with Crippen LogP contribution in [-0.4, -0.2) is 48.6 Å². The first-order valence-electron chi connectivity index (χ1n) is 8.74. The summed E-state index contributed by atoms with van der Waals surface area (Å²) in [7, 11) is 0. The molecule has 0 radical (unpaired) electrons. The third kappa shape index (κ3) is 5.58. The van der Waals surface area contributed by atoms with Gasteiger partial charge < -0.3 is 10.2 Å². The molecule has 0 aromatic heterocycles. The van der Waals surface area contributed by atoms with Crippen molar-refractivity contribution in [2.45, 2.75) is 13.0 Å². The monoisotopic (exact) mass is 401 g/mol. The van der Waals surface area contributed by atoms with Crippen LogP contribution < -0.4 is 5.32 Å². The number of piperazine rings is 1. The lowest BCUT2D eigenvalue weighted by atomic mass is 10.1. The second-order valence-corrected chi connectivity index (χ2v) is 7.27. The molecule has 132 valence electrons.